The van der Waals surface area contributed by atoms with Crippen LogP contribution in [0, 0.1) is 5.82 Å². The first-order chi connectivity index (χ1) is 9.17. The molecule has 0 aliphatic rings. The summed E-state index contributed by atoms with van der Waals surface area (Å²) in [6, 6.07) is 8.02. The fraction of sp³-hybridized carbons (Fsp3) is 0.143. The van der Waals surface area contributed by atoms with Gasteiger partial charge in [0.05, 0.1) is 19.8 Å². The minimum absolute atomic E-state index is 0.102. The van der Waals surface area contributed by atoms with Crippen LogP contribution in [-0.2, 0) is 4.74 Å². The molecule has 98 valence electrons. The van der Waals surface area contributed by atoms with Crippen LogP contribution in [0.1, 0.15) is 10.4 Å². The zero-order valence-electron chi connectivity index (χ0n) is 10.5. The largest absolute Gasteiger partial charge is 0.497 e. The Labute approximate surface area is 109 Å². The standard InChI is InChI=1S/C14H12FNO3/c1-18-10-5-3-9(4-6-10)13-12(15)11(7-8-16-13)14(17)19-2/h3-8H,1-2H3. The number of benzene rings is 1. The van der Waals surface area contributed by atoms with Crippen molar-refractivity contribution in [3.8, 4) is 17.0 Å². The maximum atomic E-state index is 14.2. The highest BCUT2D eigenvalue weighted by molar-refractivity contribution is 5.90. The van der Waals surface area contributed by atoms with Crippen molar-refractivity contribution in [2.75, 3.05) is 14.2 Å². The second-order valence-electron chi connectivity index (χ2n) is 3.74. The molecule has 0 atom stereocenters. The van der Waals surface area contributed by atoms with Crippen LogP contribution in [0.15, 0.2) is 36.5 Å². The third-order valence-electron chi connectivity index (χ3n) is 2.66. The lowest BCUT2D eigenvalue weighted by Crippen LogP contribution is -2.06. The predicted octanol–water partition coefficient (Wildman–Crippen LogP) is 2.68. The van der Waals surface area contributed by atoms with Crippen molar-refractivity contribution in [2.45, 2.75) is 0 Å². The summed E-state index contributed by atoms with van der Waals surface area (Å²) in [4.78, 5) is 15.4. The number of halogens is 1. The summed E-state index contributed by atoms with van der Waals surface area (Å²) in [6.45, 7) is 0. The van der Waals surface area contributed by atoms with Crippen LogP contribution in [0.4, 0.5) is 4.39 Å². The van der Waals surface area contributed by atoms with E-state index in [1.54, 1.807) is 31.4 Å². The van der Waals surface area contributed by atoms with E-state index in [0.717, 1.165) is 0 Å². The van der Waals surface area contributed by atoms with E-state index < -0.39 is 11.8 Å². The molecular weight excluding hydrogens is 249 g/mol. The third-order valence-corrected chi connectivity index (χ3v) is 2.66. The molecule has 4 nitrogen and oxygen atoms in total. The zero-order valence-corrected chi connectivity index (χ0v) is 10.5. The molecule has 0 bridgehead atoms. The second kappa shape index (κ2) is 5.48. The monoisotopic (exact) mass is 261 g/mol. The number of nitrogens with zero attached hydrogens (tertiary/aromatic N) is 1. The van der Waals surface area contributed by atoms with Gasteiger partial charge in [0.2, 0.25) is 0 Å². The van der Waals surface area contributed by atoms with Gasteiger partial charge >= 0.3 is 5.97 Å². The quantitative estimate of drug-likeness (QED) is 0.797. The summed E-state index contributed by atoms with van der Waals surface area (Å²) in [5, 5.41) is 0. The maximum absolute atomic E-state index is 14.2. The van der Waals surface area contributed by atoms with Gasteiger partial charge in [0.25, 0.3) is 0 Å². The molecule has 0 N–H and O–H groups in total. The number of carbonyl (C=O) groups is 1. The van der Waals surface area contributed by atoms with Crippen LogP contribution < -0.4 is 4.74 Å². The molecule has 0 fully saturated rings. The number of hydrogen-bond acceptors (Lipinski definition) is 4. The minimum Gasteiger partial charge on any atom is -0.497 e. The molecule has 1 aromatic carbocycles. The predicted molar refractivity (Wildman–Crippen MR) is 67.5 cm³/mol. The van der Waals surface area contributed by atoms with Crippen molar-refractivity contribution in [3.63, 3.8) is 0 Å². The van der Waals surface area contributed by atoms with Gasteiger partial charge in [-0.15, -0.1) is 0 Å². The van der Waals surface area contributed by atoms with Crippen molar-refractivity contribution in [1.82, 2.24) is 4.98 Å². The van der Waals surface area contributed by atoms with E-state index in [0.29, 0.717) is 11.3 Å². The first kappa shape index (κ1) is 13.0. The van der Waals surface area contributed by atoms with Crippen LogP contribution in [0.2, 0.25) is 0 Å². The molecule has 0 unspecified atom stereocenters. The topological polar surface area (TPSA) is 48.4 Å². The molecule has 1 aromatic heterocycles. The van der Waals surface area contributed by atoms with E-state index in [9.17, 15) is 9.18 Å². The van der Waals surface area contributed by atoms with Gasteiger partial charge in [0.1, 0.15) is 11.4 Å². The van der Waals surface area contributed by atoms with Crippen LogP contribution in [-0.4, -0.2) is 25.2 Å². The Morgan fingerprint density at radius 2 is 1.84 bits per heavy atom. The lowest BCUT2D eigenvalue weighted by molar-refractivity contribution is 0.0595. The fourth-order valence-corrected chi connectivity index (χ4v) is 1.66. The molecule has 1 heterocycles. The number of hydrogen-bond donors (Lipinski definition) is 0. The summed E-state index contributed by atoms with van der Waals surface area (Å²) in [6.07, 6.45) is 1.37. The summed E-state index contributed by atoms with van der Waals surface area (Å²) >= 11 is 0. The van der Waals surface area contributed by atoms with E-state index in [-0.39, 0.29) is 11.3 Å². The Morgan fingerprint density at radius 3 is 2.42 bits per heavy atom. The molecule has 0 saturated carbocycles. The summed E-state index contributed by atoms with van der Waals surface area (Å²) < 4.78 is 23.7. The van der Waals surface area contributed by atoms with Gasteiger partial charge in [-0.05, 0) is 30.3 Å². The Hall–Kier alpha value is -2.43. The maximum Gasteiger partial charge on any atom is 0.340 e. The minimum atomic E-state index is -0.727. The number of rotatable bonds is 3. The van der Waals surface area contributed by atoms with E-state index in [2.05, 4.69) is 9.72 Å². The number of aromatic nitrogens is 1. The van der Waals surface area contributed by atoms with Crippen LogP contribution in [0.25, 0.3) is 11.3 Å². The summed E-state index contributed by atoms with van der Waals surface area (Å²) in [5.41, 5.74) is 0.526. The molecular formula is C14H12FNO3. The van der Waals surface area contributed by atoms with E-state index in [1.807, 2.05) is 0 Å². The second-order valence-corrected chi connectivity index (χ2v) is 3.74. The molecule has 2 rings (SSSR count). The van der Waals surface area contributed by atoms with Crippen molar-refractivity contribution in [3.05, 3.63) is 47.9 Å². The van der Waals surface area contributed by atoms with Gasteiger partial charge in [-0.25, -0.2) is 9.18 Å². The van der Waals surface area contributed by atoms with Crippen molar-refractivity contribution >= 4 is 5.97 Å². The fourth-order valence-electron chi connectivity index (χ4n) is 1.66. The number of methoxy groups -OCH3 is 2. The summed E-state index contributed by atoms with van der Waals surface area (Å²) in [5.74, 6) is -0.762. The van der Waals surface area contributed by atoms with Gasteiger partial charge in [0.15, 0.2) is 5.82 Å². The van der Waals surface area contributed by atoms with Gasteiger partial charge < -0.3 is 9.47 Å². The van der Waals surface area contributed by atoms with Crippen LogP contribution in [0.3, 0.4) is 0 Å². The van der Waals surface area contributed by atoms with Gasteiger partial charge in [-0.1, -0.05) is 0 Å². The molecule has 0 amide bonds. The number of ether oxygens (including phenoxy) is 2. The van der Waals surface area contributed by atoms with Gasteiger partial charge in [-0.2, -0.15) is 0 Å². The van der Waals surface area contributed by atoms with Crippen LogP contribution in [0.5, 0.6) is 5.75 Å². The average molecular weight is 261 g/mol. The number of pyridine rings is 1. The normalized spacial score (nSPS) is 10.1. The van der Waals surface area contributed by atoms with Crippen molar-refractivity contribution in [1.29, 1.82) is 0 Å². The average Bonchev–Trinajstić information content (AvgIpc) is 2.47. The first-order valence-electron chi connectivity index (χ1n) is 5.54. The lowest BCUT2D eigenvalue weighted by Gasteiger charge is -2.07. The van der Waals surface area contributed by atoms with E-state index in [1.165, 1.54) is 19.4 Å². The smallest absolute Gasteiger partial charge is 0.340 e. The molecule has 2 aromatic rings. The molecule has 19 heavy (non-hydrogen) atoms. The van der Waals surface area contributed by atoms with E-state index in [4.69, 9.17) is 4.74 Å². The van der Waals surface area contributed by atoms with Crippen molar-refractivity contribution in [2.24, 2.45) is 0 Å². The third kappa shape index (κ3) is 2.54. The zero-order chi connectivity index (χ0) is 13.8. The molecule has 0 aliphatic carbocycles. The highest BCUT2D eigenvalue weighted by Crippen LogP contribution is 2.24. The SMILES string of the molecule is COC(=O)c1ccnc(-c2ccc(OC)cc2)c1F. The Balaban J connectivity index is 2.47. The molecule has 0 saturated heterocycles. The highest BCUT2D eigenvalue weighted by Gasteiger charge is 2.17. The Morgan fingerprint density at radius 1 is 1.16 bits per heavy atom. The van der Waals surface area contributed by atoms with Gasteiger partial charge in [-0.3, -0.25) is 4.98 Å². The summed E-state index contributed by atoms with van der Waals surface area (Å²) in [7, 11) is 2.75. The first-order valence-corrected chi connectivity index (χ1v) is 5.54. The molecule has 0 spiro atoms. The molecule has 0 aliphatic heterocycles. The van der Waals surface area contributed by atoms with Crippen molar-refractivity contribution < 1.29 is 18.7 Å². The lowest BCUT2D eigenvalue weighted by atomic mass is 10.1. The molecule has 0 radical (unpaired) electrons. The van der Waals surface area contributed by atoms with Crippen LogP contribution >= 0.6 is 0 Å². The number of esters is 1. The Kier molecular flexibility index (Phi) is 3.75. The molecule has 5 heteroatoms. The van der Waals surface area contributed by atoms with E-state index >= 15 is 0 Å². The number of carbonyl (C=O) groups excluding carboxylic acids is 1. The highest BCUT2D eigenvalue weighted by atomic mass is 19.1. The van der Waals surface area contributed by atoms with Gasteiger partial charge in [0, 0.05) is 11.8 Å². The Bertz CT molecular complexity index is 596.